The van der Waals surface area contributed by atoms with Gasteiger partial charge in [-0.3, -0.25) is 4.79 Å². The van der Waals surface area contributed by atoms with Crippen molar-refractivity contribution < 1.29 is 19.0 Å². The van der Waals surface area contributed by atoms with Gasteiger partial charge in [-0.15, -0.1) is 11.3 Å². The number of methoxy groups -OCH3 is 2. The van der Waals surface area contributed by atoms with Crippen LogP contribution in [0.1, 0.15) is 30.1 Å². The standard InChI is InChI=1S/C24H26N2O4S/c1-16-15-31-24(25-16)17-6-8-18(9-7-17)30-14-23(27)26-12-4-5-21(26)20-13-19(28-2)10-11-22(20)29-3/h6-11,13,15,21H,4-5,12,14H2,1-3H3. The van der Waals surface area contributed by atoms with Crippen molar-refractivity contribution in [1.29, 1.82) is 0 Å². The number of likely N-dealkylation sites (tertiary alicyclic amines) is 1. The van der Waals surface area contributed by atoms with Crippen LogP contribution in [0.3, 0.4) is 0 Å². The number of hydrogen-bond acceptors (Lipinski definition) is 6. The number of aromatic nitrogens is 1. The van der Waals surface area contributed by atoms with Gasteiger partial charge in [-0.05, 0) is 62.2 Å². The van der Waals surface area contributed by atoms with E-state index < -0.39 is 0 Å². The number of aryl methyl sites for hydroxylation is 1. The molecule has 2 heterocycles. The lowest BCUT2D eigenvalue weighted by Crippen LogP contribution is -2.34. The molecule has 1 aromatic heterocycles. The second kappa shape index (κ2) is 9.39. The predicted octanol–water partition coefficient (Wildman–Crippen LogP) is 4.88. The van der Waals surface area contributed by atoms with Gasteiger partial charge in [-0.25, -0.2) is 4.98 Å². The van der Waals surface area contributed by atoms with Crippen molar-refractivity contribution in [3.8, 4) is 27.8 Å². The molecule has 0 aliphatic carbocycles. The molecule has 2 aromatic carbocycles. The number of hydrogen-bond donors (Lipinski definition) is 0. The molecule has 0 N–H and O–H groups in total. The number of amides is 1. The lowest BCUT2D eigenvalue weighted by molar-refractivity contribution is -0.134. The summed E-state index contributed by atoms with van der Waals surface area (Å²) in [6, 6.07) is 13.4. The molecule has 3 aromatic rings. The van der Waals surface area contributed by atoms with Crippen LogP contribution in [0.25, 0.3) is 10.6 Å². The van der Waals surface area contributed by atoms with Crippen LogP contribution in [0.4, 0.5) is 0 Å². The summed E-state index contributed by atoms with van der Waals surface area (Å²) in [7, 11) is 3.28. The van der Waals surface area contributed by atoms with Crippen LogP contribution < -0.4 is 14.2 Å². The first-order valence-electron chi connectivity index (χ1n) is 10.3. The number of carbonyl (C=O) groups excluding carboxylic acids is 1. The van der Waals surface area contributed by atoms with E-state index in [9.17, 15) is 4.79 Å². The lowest BCUT2D eigenvalue weighted by atomic mass is 10.0. The molecule has 1 atom stereocenters. The average Bonchev–Trinajstić information content (AvgIpc) is 3.46. The third kappa shape index (κ3) is 4.66. The summed E-state index contributed by atoms with van der Waals surface area (Å²) in [5.74, 6) is 2.15. The quantitative estimate of drug-likeness (QED) is 0.526. The van der Waals surface area contributed by atoms with Gasteiger partial charge < -0.3 is 19.1 Å². The van der Waals surface area contributed by atoms with Crippen LogP contribution in [-0.4, -0.2) is 43.2 Å². The molecule has 31 heavy (non-hydrogen) atoms. The van der Waals surface area contributed by atoms with Crippen molar-refractivity contribution >= 4 is 17.2 Å². The summed E-state index contributed by atoms with van der Waals surface area (Å²) in [5, 5.41) is 3.01. The van der Waals surface area contributed by atoms with Gasteiger partial charge in [0, 0.05) is 28.7 Å². The molecular weight excluding hydrogens is 412 g/mol. The Hall–Kier alpha value is -3.06. The number of benzene rings is 2. The Labute approximate surface area is 186 Å². The molecule has 4 rings (SSSR count). The van der Waals surface area contributed by atoms with Gasteiger partial charge in [0.25, 0.3) is 5.91 Å². The number of ether oxygens (including phenoxy) is 3. The third-order valence-corrected chi connectivity index (χ3v) is 6.46. The summed E-state index contributed by atoms with van der Waals surface area (Å²) in [6.07, 6.45) is 1.83. The molecule has 6 nitrogen and oxygen atoms in total. The highest BCUT2D eigenvalue weighted by Gasteiger charge is 2.32. The van der Waals surface area contributed by atoms with Crippen LogP contribution >= 0.6 is 11.3 Å². The van der Waals surface area contributed by atoms with Gasteiger partial charge in [-0.2, -0.15) is 0 Å². The van der Waals surface area contributed by atoms with Crippen molar-refractivity contribution in [2.45, 2.75) is 25.8 Å². The maximum absolute atomic E-state index is 13.0. The number of carbonyl (C=O) groups is 1. The van der Waals surface area contributed by atoms with E-state index in [0.29, 0.717) is 12.3 Å². The van der Waals surface area contributed by atoms with E-state index >= 15 is 0 Å². The molecule has 1 aliphatic heterocycles. The normalized spacial score (nSPS) is 15.7. The summed E-state index contributed by atoms with van der Waals surface area (Å²) in [5.41, 5.74) is 3.02. The van der Waals surface area contributed by atoms with Gasteiger partial charge in [0.2, 0.25) is 0 Å². The van der Waals surface area contributed by atoms with E-state index in [2.05, 4.69) is 4.98 Å². The first-order valence-corrected chi connectivity index (χ1v) is 11.1. The minimum Gasteiger partial charge on any atom is -0.497 e. The van der Waals surface area contributed by atoms with Gasteiger partial charge >= 0.3 is 0 Å². The Bertz CT molecular complexity index is 1050. The van der Waals surface area contributed by atoms with Gasteiger partial charge in [-0.1, -0.05) is 0 Å². The smallest absolute Gasteiger partial charge is 0.261 e. The second-order valence-electron chi connectivity index (χ2n) is 7.46. The molecule has 0 saturated carbocycles. The monoisotopic (exact) mass is 438 g/mol. The van der Waals surface area contributed by atoms with Gasteiger partial charge in [0.1, 0.15) is 22.3 Å². The lowest BCUT2D eigenvalue weighted by Gasteiger charge is -2.26. The second-order valence-corrected chi connectivity index (χ2v) is 8.32. The molecule has 1 amide bonds. The number of nitrogens with zero attached hydrogens (tertiary/aromatic N) is 2. The maximum atomic E-state index is 13.0. The average molecular weight is 439 g/mol. The fourth-order valence-corrected chi connectivity index (χ4v) is 4.70. The van der Waals surface area contributed by atoms with E-state index in [1.807, 2.05) is 59.7 Å². The zero-order valence-electron chi connectivity index (χ0n) is 18.0. The Morgan fingerprint density at radius 2 is 1.90 bits per heavy atom. The first-order chi connectivity index (χ1) is 15.1. The molecular formula is C24H26N2O4S. The third-order valence-electron chi connectivity index (χ3n) is 5.45. The zero-order chi connectivity index (χ0) is 21.8. The molecule has 0 radical (unpaired) electrons. The van der Waals surface area contributed by atoms with E-state index in [-0.39, 0.29) is 18.6 Å². The van der Waals surface area contributed by atoms with E-state index in [1.165, 1.54) is 0 Å². The van der Waals surface area contributed by atoms with Crippen LogP contribution in [-0.2, 0) is 4.79 Å². The summed E-state index contributed by atoms with van der Waals surface area (Å²) < 4.78 is 16.7. The fourth-order valence-electron chi connectivity index (χ4n) is 3.90. The van der Waals surface area contributed by atoms with Crippen LogP contribution in [0.15, 0.2) is 47.8 Å². The molecule has 1 saturated heterocycles. The van der Waals surface area contributed by atoms with Crippen molar-refractivity contribution in [3.05, 3.63) is 59.1 Å². The number of rotatable bonds is 7. The van der Waals surface area contributed by atoms with Crippen LogP contribution in [0.2, 0.25) is 0 Å². The van der Waals surface area contributed by atoms with Crippen molar-refractivity contribution in [2.24, 2.45) is 0 Å². The minimum atomic E-state index is -0.0448. The SMILES string of the molecule is COc1ccc(OC)c(C2CCCN2C(=O)COc2ccc(-c3nc(C)cs3)cc2)c1. The highest BCUT2D eigenvalue weighted by atomic mass is 32.1. The summed E-state index contributed by atoms with van der Waals surface area (Å²) >= 11 is 1.62. The van der Waals surface area contributed by atoms with Crippen molar-refractivity contribution in [3.63, 3.8) is 0 Å². The molecule has 0 spiro atoms. The fraction of sp³-hybridized carbons (Fsp3) is 0.333. The zero-order valence-corrected chi connectivity index (χ0v) is 18.8. The Morgan fingerprint density at radius 1 is 1.13 bits per heavy atom. The van der Waals surface area contributed by atoms with E-state index in [1.54, 1.807) is 25.6 Å². The van der Waals surface area contributed by atoms with Gasteiger partial charge in [0.15, 0.2) is 6.61 Å². The van der Waals surface area contributed by atoms with E-state index in [0.717, 1.165) is 46.2 Å². The van der Waals surface area contributed by atoms with E-state index in [4.69, 9.17) is 14.2 Å². The summed E-state index contributed by atoms with van der Waals surface area (Å²) in [4.78, 5) is 19.3. The molecule has 162 valence electrons. The highest BCUT2D eigenvalue weighted by Crippen LogP contribution is 2.39. The Morgan fingerprint density at radius 3 is 2.58 bits per heavy atom. The minimum absolute atomic E-state index is 0.00150. The Kier molecular flexibility index (Phi) is 6.42. The number of thiazole rings is 1. The molecule has 1 aliphatic rings. The molecule has 7 heteroatoms. The predicted molar refractivity (Wildman–Crippen MR) is 121 cm³/mol. The maximum Gasteiger partial charge on any atom is 0.261 e. The molecule has 1 fully saturated rings. The van der Waals surface area contributed by atoms with Gasteiger partial charge in [0.05, 0.1) is 20.3 Å². The molecule has 1 unspecified atom stereocenters. The first kappa shape index (κ1) is 21.2. The molecule has 0 bridgehead atoms. The topological polar surface area (TPSA) is 60.9 Å². The largest absolute Gasteiger partial charge is 0.497 e. The van der Waals surface area contributed by atoms with Crippen molar-refractivity contribution in [1.82, 2.24) is 9.88 Å². The highest BCUT2D eigenvalue weighted by molar-refractivity contribution is 7.13. The van der Waals surface area contributed by atoms with Crippen molar-refractivity contribution in [2.75, 3.05) is 27.4 Å². The van der Waals surface area contributed by atoms with Crippen LogP contribution in [0, 0.1) is 6.92 Å². The van der Waals surface area contributed by atoms with Crippen LogP contribution in [0.5, 0.6) is 17.2 Å². The summed E-state index contributed by atoms with van der Waals surface area (Å²) in [6.45, 7) is 2.68. The Balaban J connectivity index is 1.42.